The quantitative estimate of drug-likeness (QED) is 0.390. The summed E-state index contributed by atoms with van der Waals surface area (Å²) in [5.74, 6) is 1.07. The maximum absolute atomic E-state index is 13.0. The van der Waals surface area contributed by atoms with Crippen LogP contribution in [0.25, 0.3) is 16.7 Å². The lowest BCUT2D eigenvalue weighted by atomic mass is 10.2. The third-order valence-corrected chi connectivity index (χ3v) is 7.37. The van der Waals surface area contributed by atoms with Gasteiger partial charge in [0.2, 0.25) is 5.78 Å². The predicted molar refractivity (Wildman–Crippen MR) is 137 cm³/mol. The molecule has 0 spiro atoms. The molecule has 2 aromatic carbocycles. The number of piperazine rings is 1. The monoisotopic (exact) mass is 478 g/mol. The number of anilines is 1. The Bertz CT molecular complexity index is 1310. The van der Waals surface area contributed by atoms with Crippen LogP contribution in [0.4, 0.5) is 5.69 Å². The first-order valence-corrected chi connectivity index (χ1v) is 12.8. The van der Waals surface area contributed by atoms with Crippen LogP contribution in [-0.4, -0.2) is 73.8 Å². The molecular formula is C25H30N6O2S. The number of nitrogens with zero attached hydrogens (tertiary/aromatic N) is 6. The third-order valence-electron chi connectivity index (χ3n) is 6.29. The van der Waals surface area contributed by atoms with Crippen LogP contribution in [0.1, 0.15) is 13.3 Å². The van der Waals surface area contributed by atoms with Crippen LogP contribution in [0.2, 0.25) is 0 Å². The molecule has 0 radical (unpaired) electrons. The van der Waals surface area contributed by atoms with E-state index in [9.17, 15) is 9.90 Å². The van der Waals surface area contributed by atoms with Gasteiger partial charge in [0.25, 0.3) is 5.56 Å². The number of aliphatic hydroxyl groups excluding tert-OH is 1. The Balaban J connectivity index is 1.26. The van der Waals surface area contributed by atoms with Gasteiger partial charge in [-0.25, -0.2) is 0 Å². The van der Waals surface area contributed by atoms with Gasteiger partial charge in [-0.1, -0.05) is 49.0 Å². The Morgan fingerprint density at radius 3 is 2.50 bits per heavy atom. The van der Waals surface area contributed by atoms with Crippen molar-refractivity contribution in [3.05, 3.63) is 65.0 Å². The first kappa shape index (κ1) is 22.9. The van der Waals surface area contributed by atoms with Crippen LogP contribution in [0, 0.1) is 0 Å². The molecule has 0 saturated carbocycles. The Kier molecular flexibility index (Phi) is 6.85. The zero-order valence-corrected chi connectivity index (χ0v) is 20.2. The highest BCUT2D eigenvalue weighted by Gasteiger charge is 2.21. The SMILES string of the molecule is CCCn1c(=O)c2ccccc2n2c(SCC(O)CN3CCN(c4ccccc4)CC3)nnc12. The maximum Gasteiger partial charge on any atom is 0.262 e. The molecule has 178 valence electrons. The molecule has 2 aromatic heterocycles. The van der Waals surface area contributed by atoms with Crippen molar-refractivity contribution in [3.63, 3.8) is 0 Å². The predicted octanol–water partition coefficient (Wildman–Crippen LogP) is 2.73. The van der Waals surface area contributed by atoms with Crippen molar-refractivity contribution in [1.82, 2.24) is 24.1 Å². The molecule has 1 unspecified atom stereocenters. The fourth-order valence-corrected chi connectivity index (χ4v) is 5.46. The summed E-state index contributed by atoms with van der Waals surface area (Å²) in [5, 5.41) is 20.8. The van der Waals surface area contributed by atoms with E-state index in [1.54, 1.807) is 4.57 Å². The standard InChI is InChI=1S/C25H30N6O2S/c1-2-12-30-23(33)21-10-6-7-11-22(21)31-24(30)26-27-25(31)34-18-20(32)17-28-13-15-29(16-14-28)19-8-4-3-5-9-19/h3-11,20,32H,2,12-18H2,1H3. The Morgan fingerprint density at radius 2 is 1.74 bits per heavy atom. The lowest BCUT2D eigenvalue weighted by Gasteiger charge is -2.36. The number of hydrogen-bond donors (Lipinski definition) is 1. The third kappa shape index (κ3) is 4.55. The number of hydrogen-bond acceptors (Lipinski definition) is 7. The van der Waals surface area contributed by atoms with E-state index < -0.39 is 6.10 Å². The van der Waals surface area contributed by atoms with E-state index >= 15 is 0 Å². The summed E-state index contributed by atoms with van der Waals surface area (Å²) < 4.78 is 3.64. The fourth-order valence-electron chi connectivity index (χ4n) is 4.60. The molecule has 4 aromatic rings. The zero-order valence-electron chi connectivity index (χ0n) is 19.4. The van der Waals surface area contributed by atoms with Crippen LogP contribution < -0.4 is 10.5 Å². The Hall–Kier alpha value is -2.88. The average Bonchev–Trinajstić information content (AvgIpc) is 3.30. The molecule has 5 rings (SSSR count). The highest BCUT2D eigenvalue weighted by Crippen LogP contribution is 2.23. The molecule has 0 amide bonds. The topological polar surface area (TPSA) is 78.9 Å². The first-order valence-electron chi connectivity index (χ1n) is 11.9. The summed E-state index contributed by atoms with van der Waals surface area (Å²) in [4.78, 5) is 17.7. The van der Waals surface area contributed by atoms with E-state index in [2.05, 4.69) is 44.3 Å². The molecule has 8 nitrogen and oxygen atoms in total. The van der Waals surface area contributed by atoms with E-state index in [-0.39, 0.29) is 5.56 Å². The number of rotatable bonds is 8. The van der Waals surface area contributed by atoms with Crippen molar-refractivity contribution in [2.45, 2.75) is 31.1 Å². The normalized spacial score (nSPS) is 15.9. The van der Waals surface area contributed by atoms with Gasteiger partial charge in [-0.05, 0) is 30.7 Å². The fraction of sp³-hybridized carbons (Fsp3) is 0.400. The molecule has 1 atom stereocenters. The number of aryl methyl sites for hydroxylation is 1. The van der Waals surface area contributed by atoms with Crippen molar-refractivity contribution < 1.29 is 5.11 Å². The summed E-state index contributed by atoms with van der Waals surface area (Å²) in [7, 11) is 0. The molecule has 1 aliphatic heterocycles. The van der Waals surface area contributed by atoms with E-state index in [1.165, 1.54) is 17.4 Å². The molecule has 34 heavy (non-hydrogen) atoms. The van der Waals surface area contributed by atoms with Crippen molar-refractivity contribution in [1.29, 1.82) is 0 Å². The second-order valence-electron chi connectivity index (χ2n) is 8.68. The van der Waals surface area contributed by atoms with Crippen molar-refractivity contribution in [3.8, 4) is 0 Å². The molecule has 1 saturated heterocycles. The molecule has 9 heteroatoms. The summed E-state index contributed by atoms with van der Waals surface area (Å²) in [5.41, 5.74) is 2.02. The summed E-state index contributed by atoms with van der Waals surface area (Å²) in [6.45, 7) is 7.04. The molecule has 0 bridgehead atoms. The van der Waals surface area contributed by atoms with E-state index in [0.717, 1.165) is 38.1 Å². The highest BCUT2D eigenvalue weighted by atomic mass is 32.2. The van der Waals surface area contributed by atoms with Gasteiger partial charge in [-0.2, -0.15) is 0 Å². The van der Waals surface area contributed by atoms with Gasteiger partial charge in [-0.15, -0.1) is 10.2 Å². The number of aliphatic hydroxyl groups is 1. The molecule has 1 N–H and O–H groups in total. The summed E-state index contributed by atoms with van der Waals surface area (Å²) in [6.07, 6.45) is 0.355. The van der Waals surface area contributed by atoms with Crippen molar-refractivity contribution >= 4 is 34.1 Å². The zero-order chi connectivity index (χ0) is 23.5. The lowest BCUT2D eigenvalue weighted by Crippen LogP contribution is -2.48. The maximum atomic E-state index is 13.0. The number of thioether (sulfide) groups is 1. The van der Waals surface area contributed by atoms with Gasteiger partial charge in [0.15, 0.2) is 5.16 Å². The summed E-state index contributed by atoms with van der Waals surface area (Å²) >= 11 is 1.49. The van der Waals surface area contributed by atoms with E-state index in [1.807, 2.05) is 41.7 Å². The second-order valence-corrected chi connectivity index (χ2v) is 9.67. The average molecular weight is 479 g/mol. The molecule has 0 aliphatic carbocycles. The number of benzene rings is 2. The van der Waals surface area contributed by atoms with Crippen molar-refractivity contribution in [2.75, 3.05) is 43.4 Å². The number of fused-ring (bicyclic) bond motifs is 3. The lowest BCUT2D eigenvalue weighted by molar-refractivity contribution is 0.126. The minimum Gasteiger partial charge on any atom is -0.391 e. The second kappa shape index (κ2) is 10.2. The first-order chi connectivity index (χ1) is 16.7. The molecule has 3 heterocycles. The minimum absolute atomic E-state index is 0.0384. The van der Waals surface area contributed by atoms with Crippen LogP contribution >= 0.6 is 11.8 Å². The van der Waals surface area contributed by atoms with Gasteiger partial charge in [0.05, 0.1) is 17.0 Å². The summed E-state index contributed by atoms with van der Waals surface area (Å²) in [6, 6.07) is 18.1. The van der Waals surface area contributed by atoms with Crippen LogP contribution in [0.15, 0.2) is 64.5 Å². The Morgan fingerprint density at radius 1 is 1.00 bits per heavy atom. The van der Waals surface area contributed by atoms with Gasteiger partial charge in [0.1, 0.15) is 0 Å². The molecule has 1 fully saturated rings. The van der Waals surface area contributed by atoms with Gasteiger partial charge < -0.3 is 10.0 Å². The van der Waals surface area contributed by atoms with Gasteiger partial charge in [0, 0.05) is 50.7 Å². The number of β-amino-alcohol motifs (C(OH)–C–C–N with tert-alkyl or cyclic N) is 1. The Labute approximate surface area is 202 Å². The largest absolute Gasteiger partial charge is 0.391 e. The smallest absolute Gasteiger partial charge is 0.262 e. The van der Waals surface area contributed by atoms with Crippen molar-refractivity contribution in [2.24, 2.45) is 0 Å². The number of aromatic nitrogens is 4. The molecule has 1 aliphatic rings. The van der Waals surface area contributed by atoms with Gasteiger partial charge >= 0.3 is 0 Å². The van der Waals surface area contributed by atoms with E-state index in [0.29, 0.717) is 35.2 Å². The minimum atomic E-state index is -0.478. The van der Waals surface area contributed by atoms with Crippen LogP contribution in [-0.2, 0) is 6.54 Å². The molecular weight excluding hydrogens is 448 g/mol. The highest BCUT2D eigenvalue weighted by molar-refractivity contribution is 7.99. The van der Waals surface area contributed by atoms with Crippen LogP contribution in [0.5, 0.6) is 0 Å². The van der Waals surface area contributed by atoms with Crippen LogP contribution in [0.3, 0.4) is 0 Å². The van der Waals surface area contributed by atoms with E-state index in [4.69, 9.17) is 0 Å². The number of para-hydroxylation sites is 2. The van der Waals surface area contributed by atoms with Gasteiger partial charge in [-0.3, -0.25) is 18.7 Å².